The number of rotatable bonds is 5. The number of aryl methyl sites for hydroxylation is 2. The molecular weight excluding hydrogens is 360 g/mol. The SMILES string of the molecule is Cn1ncc(C(=O)N2CCC2)c1OC(=O)NCCc1nc2ccccc2n1C. The fourth-order valence-corrected chi connectivity index (χ4v) is 3.20. The molecule has 0 aliphatic carbocycles. The van der Waals surface area contributed by atoms with Gasteiger partial charge in [-0.1, -0.05) is 12.1 Å². The number of hydrogen-bond donors (Lipinski definition) is 1. The normalized spacial score (nSPS) is 13.4. The minimum Gasteiger partial charge on any atom is -0.391 e. The number of carbonyl (C=O) groups excluding carboxylic acids is 2. The summed E-state index contributed by atoms with van der Waals surface area (Å²) in [4.78, 5) is 30.9. The average molecular weight is 382 g/mol. The number of amides is 2. The van der Waals surface area contributed by atoms with Crippen LogP contribution in [0.3, 0.4) is 0 Å². The maximum Gasteiger partial charge on any atom is 0.413 e. The summed E-state index contributed by atoms with van der Waals surface area (Å²) in [5.74, 6) is 0.856. The molecule has 1 fully saturated rings. The molecule has 9 nitrogen and oxygen atoms in total. The minimum atomic E-state index is -0.625. The largest absolute Gasteiger partial charge is 0.413 e. The third-order valence-electron chi connectivity index (χ3n) is 4.95. The Labute approximate surface area is 161 Å². The second-order valence-corrected chi connectivity index (χ2v) is 6.77. The van der Waals surface area contributed by atoms with E-state index in [0.717, 1.165) is 36.4 Å². The van der Waals surface area contributed by atoms with Crippen LogP contribution in [0.25, 0.3) is 11.0 Å². The number of para-hydroxylation sites is 2. The molecule has 0 saturated carbocycles. The molecule has 146 valence electrons. The Kier molecular flexibility index (Phi) is 4.72. The highest BCUT2D eigenvalue weighted by Gasteiger charge is 2.27. The van der Waals surface area contributed by atoms with Crippen LogP contribution in [0, 0.1) is 0 Å². The topological polar surface area (TPSA) is 94.3 Å². The lowest BCUT2D eigenvalue weighted by Gasteiger charge is -2.30. The minimum absolute atomic E-state index is 0.150. The Hall–Kier alpha value is -3.36. The van der Waals surface area contributed by atoms with E-state index >= 15 is 0 Å². The molecule has 3 heterocycles. The molecule has 1 N–H and O–H groups in total. The first-order valence-electron chi connectivity index (χ1n) is 9.22. The third-order valence-corrected chi connectivity index (χ3v) is 4.95. The monoisotopic (exact) mass is 382 g/mol. The number of fused-ring (bicyclic) bond motifs is 1. The molecule has 0 bridgehead atoms. The summed E-state index contributed by atoms with van der Waals surface area (Å²) >= 11 is 0. The first kappa shape index (κ1) is 18.0. The van der Waals surface area contributed by atoms with Crippen LogP contribution in [0.1, 0.15) is 22.6 Å². The Bertz CT molecular complexity index is 1030. The van der Waals surface area contributed by atoms with E-state index in [4.69, 9.17) is 4.74 Å². The van der Waals surface area contributed by atoms with Gasteiger partial charge in [0, 0.05) is 40.2 Å². The van der Waals surface area contributed by atoms with Crippen LogP contribution < -0.4 is 10.1 Å². The van der Waals surface area contributed by atoms with Crippen LogP contribution >= 0.6 is 0 Å². The van der Waals surface area contributed by atoms with Crippen molar-refractivity contribution in [2.24, 2.45) is 14.1 Å². The summed E-state index contributed by atoms with van der Waals surface area (Å²) in [6.07, 6.45) is 2.36. The first-order chi connectivity index (χ1) is 13.5. The molecular formula is C19H22N6O3. The fourth-order valence-electron chi connectivity index (χ4n) is 3.20. The number of aromatic nitrogens is 4. The maximum atomic E-state index is 12.4. The first-order valence-corrected chi connectivity index (χ1v) is 9.22. The molecule has 2 amide bonds. The summed E-state index contributed by atoms with van der Waals surface area (Å²) in [7, 11) is 3.58. The molecule has 1 aliphatic rings. The Balaban J connectivity index is 1.36. The van der Waals surface area contributed by atoms with Crippen molar-refractivity contribution in [2.45, 2.75) is 12.8 Å². The summed E-state index contributed by atoms with van der Waals surface area (Å²) in [5.41, 5.74) is 2.27. The van der Waals surface area contributed by atoms with Gasteiger partial charge in [-0.15, -0.1) is 0 Å². The van der Waals surface area contributed by atoms with E-state index in [-0.39, 0.29) is 11.8 Å². The summed E-state index contributed by atoms with van der Waals surface area (Å²) in [6.45, 7) is 1.80. The molecule has 0 unspecified atom stereocenters. The number of imidazole rings is 1. The lowest BCUT2D eigenvalue weighted by Crippen LogP contribution is -2.42. The van der Waals surface area contributed by atoms with E-state index in [1.165, 1.54) is 10.9 Å². The van der Waals surface area contributed by atoms with Crippen molar-refractivity contribution < 1.29 is 14.3 Å². The van der Waals surface area contributed by atoms with Crippen LogP contribution in [0.4, 0.5) is 4.79 Å². The van der Waals surface area contributed by atoms with Crippen LogP contribution in [-0.2, 0) is 20.5 Å². The average Bonchev–Trinajstić information content (AvgIpc) is 3.15. The molecule has 0 radical (unpaired) electrons. The third kappa shape index (κ3) is 3.30. The molecule has 1 saturated heterocycles. The van der Waals surface area contributed by atoms with Gasteiger partial charge in [-0.2, -0.15) is 5.10 Å². The lowest BCUT2D eigenvalue weighted by molar-refractivity contribution is 0.0648. The molecule has 3 aromatic rings. The molecule has 9 heteroatoms. The number of nitrogens with zero attached hydrogens (tertiary/aromatic N) is 5. The smallest absolute Gasteiger partial charge is 0.391 e. The summed E-state index contributed by atoms with van der Waals surface area (Å²) < 4.78 is 8.75. The molecule has 0 atom stereocenters. The number of carbonyl (C=O) groups is 2. The van der Waals surface area contributed by atoms with E-state index < -0.39 is 6.09 Å². The van der Waals surface area contributed by atoms with Crippen molar-refractivity contribution >= 4 is 23.0 Å². The number of nitrogens with one attached hydrogen (secondary N) is 1. The van der Waals surface area contributed by atoms with Crippen molar-refractivity contribution in [3.8, 4) is 5.88 Å². The number of ether oxygens (including phenoxy) is 1. The summed E-state index contributed by atoms with van der Waals surface area (Å²) in [5, 5.41) is 6.76. The predicted molar refractivity (Wildman–Crippen MR) is 102 cm³/mol. The number of benzene rings is 1. The van der Waals surface area contributed by atoms with Crippen molar-refractivity contribution in [1.82, 2.24) is 29.5 Å². The van der Waals surface area contributed by atoms with Crippen molar-refractivity contribution in [3.63, 3.8) is 0 Å². The zero-order valence-electron chi connectivity index (χ0n) is 15.9. The van der Waals surface area contributed by atoms with Gasteiger partial charge in [0.05, 0.1) is 17.2 Å². The van der Waals surface area contributed by atoms with E-state index in [9.17, 15) is 9.59 Å². The van der Waals surface area contributed by atoms with E-state index in [1.807, 2.05) is 35.9 Å². The van der Waals surface area contributed by atoms with Crippen LogP contribution in [0.15, 0.2) is 30.5 Å². The second kappa shape index (κ2) is 7.34. The van der Waals surface area contributed by atoms with Crippen molar-refractivity contribution in [1.29, 1.82) is 0 Å². The van der Waals surface area contributed by atoms with Crippen molar-refractivity contribution in [3.05, 3.63) is 41.9 Å². The zero-order valence-corrected chi connectivity index (χ0v) is 15.9. The Morgan fingerprint density at radius 3 is 2.71 bits per heavy atom. The highest BCUT2D eigenvalue weighted by molar-refractivity contribution is 5.97. The van der Waals surface area contributed by atoms with E-state index in [0.29, 0.717) is 18.5 Å². The van der Waals surface area contributed by atoms with Crippen LogP contribution in [0.2, 0.25) is 0 Å². The van der Waals surface area contributed by atoms with Gasteiger partial charge in [0.15, 0.2) is 0 Å². The van der Waals surface area contributed by atoms with Gasteiger partial charge in [-0.05, 0) is 18.6 Å². The molecule has 2 aromatic heterocycles. The Morgan fingerprint density at radius 2 is 2.00 bits per heavy atom. The van der Waals surface area contributed by atoms with Crippen LogP contribution in [0.5, 0.6) is 5.88 Å². The highest BCUT2D eigenvalue weighted by Crippen LogP contribution is 2.22. The van der Waals surface area contributed by atoms with Gasteiger partial charge in [0.2, 0.25) is 5.88 Å². The molecule has 28 heavy (non-hydrogen) atoms. The summed E-state index contributed by atoms with van der Waals surface area (Å²) in [6, 6.07) is 7.88. The van der Waals surface area contributed by atoms with Gasteiger partial charge in [0.25, 0.3) is 5.91 Å². The van der Waals surface area contributed by atoms with Gasteiger partial charge in [0.1, 0.15) is 11.4 Å². The van der Waals surface area contributed by atoms with E-state index in [1.54, 1.807) is 11.9 Å². The standard InChI is InChI=1S/C19H22N6O3/c1-23-15-7-4-3-6-14(15)22-16(23)8-9-20-19(27)28-18-13(12-21-24(18)2)17(26)25-10-5-11-25/h3-4,6-7,12H,5,8-11H2,1-2H3,(H,20,27). The quantitative estimate of drug-likeness (QED) is 0.721. The predicted octanol–water partition coefficient (Wildman–Crippen LogP) is 1.48. The lowest BCUT2D eigenvalue weighted by atomic mass is 10.2. The maximum absolute atomic E-state index is 12.4. The Morgan fingerprint density at radius 1 is 1.21 bits per heavy atom. The van der Waals surface area contributed by atoms with Gasteiger partial charge >= 0.3 is 6.09 Å². The fraction of sp³-hybridized carbons (Fsp3) is 0.368. The molecule has 4 rings (SSSR count). The van der Waals surface area contributed by atoms with Crippen LogP contribution in [-0.4, -0.2) is 55.9 Å². The highest BCUT2D eigenvalue weighted by atomic mass is 16.6. The van der Waals surface area contributed by atoms with E-state index in [2.05, 4.69) is 15.4 Å². The number of likely N-dealkylation sites (tertiary alicyclic amines) is 1. The van der Waals surface area contributed by atoms with Gasteiger partial charge in [-0.25, -0.2) is 14.5 Å². The molecule has 0 spiro atoms. The molecule has 1 aromatic carbocycles. The number of hydrogen-bond acceptors (Lipinski definition) is 5. The van der Waals surface area contributed by atoms with Gasteiger partial charge < -0.3 is 19.5 Å². The second-order valence-electron chi connectivity index (χ2n) is 6.77. The van der Waals surface area contributed by atoms with Gasteiger partial charge in [-0.3, -0.25) is 4.79 Å². The molecule has 1 aliphatic heterocycles. The van der Waals surface area contributed by atoms with Crippen molar-refractivity contribution in [2.75, 3.05) is 19.6 Å². The zero-order chi connectivity index (χ0) is 19.7.